The largest absolute Gasteiger partial charge is 0.326 e. The van der Waals surface area contributed by atoms with Crippen LogP contribution in [-0.2, 0) is 13.1 Å². The first-order valence-corrected chi connectivity index (χ1v) is 6.38. The molecular weight excluding hydrogens is 278 g/mol. The van der Waals surface area contributed by atoms with Crippen molar-refractivity contribution < 1.29 is 0 Å². The number of benzene rings is 1. The highest BCUT2D eigenvalue weighted by Gasteiger charge is 2.09. The Morgan fingerprint density at radius 3 is 2.71 bits per heavy atom. The smallest absolute Gasteiger partial charge is 0.0663 e. The summed E-state index contributed by atoms with van der Waals surface area (Å²) in [6.07, 6.45) is 0. The lowest BCUT2D eigenvalue weighted by atomic mass is 10.2. The summed E-state index contributed by atoms with van der Waals surface area (Å²) in [5.74, 6) is 0. The number of rotatable bonds is 3. The minimum atomic E-state index is 0.552. The molecular formula is C13H16BrN3. The number of halogens is 1. The Kier molecular flexibility index (Phi) is 3.64. The van der Waals surface area contributed by atoms with Crippen LogP contribution in [-0.4, -0.2) is 9.78 Å². The zero-order valence-corrected chi connectivity index (χ0v) is 11.7. The highest BCUT2D eigenvalue weighted by molar-refractivity contribution is 9.10. The van der Waals surface area contributed by atoms with Crippen LogP contribution in [0.4, 0.5) is 0 Å². The zero-order chi connectivity index (χ0) is 12.4. The van der Waals surface area contributed by atoms with Crippen molar-refractivity contribution >= 4 is 15.9 Å². The van der Waals surface area contributed by atoms with Crippen LogP contribution in [0.15, 0.2) is 28.7 Å². The van der Waals surface area contributed by atoms with Crippen LogP contribution in [0.3, 0.4) is 0 Å². The fourth-order valence-corrected chi connectivity index (χ4v) is 2.44. The summed E-state index contributed by atoms with van der Waals surface area (Å²) in [6.45, 7) is 5.41. The van der Waals surface area contributed by atoms with Gasteiger partial charge in [0.15, 0.2) is 0 Å². The molecule has 1 heterocycles. The third kappa shape index (κ3) is 2.58. The maximum Gasteiger partial charge on any atom is 0.0663 e. The molecule has 4 heteroatoms. The van der Waals surface area contributed by atoms with Gasteiger partial charge in [-0.05, 0) is 31.5 Å². The molecule has 0 aliphatic rings. The minimum absolute atomic E-state index is 0.552. The number of hydrogen-bond donors (Lipinski definition) is 1. The molecule has 2 N–H and O–H groups in total. The molecule has 0 bridgehead atoms. The van der Waals surface area contributed by atoms with Crippen molar-refractivity contribution in [3.63, 3.8) is 0 Å². The van der Waals surface area contributed by atoms with Gasteiger partial charge >= 0.3 is 0 Å². The van der Waals surface area contributed by atoms with Crippen molar-refractivity contribution in [2.75, 3.05) is 0 Å². The van der Waals surface area contributed by atoms with Crippen molar-refractivity contribution in [3.05, 3.63) is 51.3 Å². The fraction of sp³-hybridized carbons (Fsp3) is 0.308. The molecule has 0 amide bonds. The van der Waals surface area contributed by atoms with Gasteiger partial charge in [-0.15, -0.1) is 0 Å². The standard InChI is InChI=1S/C13H16BrN3/c1-9-13(7-15)10(2)17(16-9)8-11-4-3-5-12(14)6-11/h3-6H,7-8,15H2,1-2H3. The van der Waals surface area contributed by atoms with Crippen LogP contribution in [0.1, 0.15) is 22.5 Å². The highest BCUT2D eigenvalue weighted by Crippen LogP contribution is 2.16. The Hall–Kier alpha value is -1.13. The topological polar surface area (TPSA) is 43.8 Å². The summed E-state index contributed by atoms with van der Waals surface area (Å²) in [5, 5.41) is 4.53. The first-order chi connectivity index (χ1) is 8.11. The molecule has 0 radical (unpaired) electrons. The van der Waals surface area contributed by atoms with Crippen LogP contribution in [0.2, 0.25) is 0 Å². The van der Waals surface area contributed by atoms with Crippen LogP contribution >= 0.6 is 15.9 Å². The molecule has 0 aliphatic heterocycles. The van der Waals surface area contributed by atoms with Gasteiger partial charge in [-0.2, -0.15) is 5.10 Å². The SMILES string of the molecule is Cc1nn(Cc2cccc(Br)c2)c(C)c1CN. The number of aromatic nitrogens is 2. The summed E-state index contributed by atoms with van der Waals surface area (Å²) in [5.41, 5.74) is 10.3. The summed E-state index contributed by atoms with van der Waals surface area (Å²) in [6, 6.07) is 8.27. The van der Waals surface area contributed by atoms with Gasteiger partial charge < -0.3 is 5.73 Å². The lowest BCUT2D eigenvalue weighted by molar-refractivity contribution is 0.658. The molecule has 2 aromatic rings. The van der Waals surface area contributed by atoms with Gasteiger partial charge in [-0.3, -0.25) is 4.68 Å². The Morgan fingerprint density at radius 2 is 2.12 bits per heavy atom. The van der Waals surface area contributed by atoms with Crippen molar-refractivity contribution in [1.82, 2.24) is 9.78 Å². The maximum atomic E-state index is 5.72. The second kappa shape index (κ2) is 5.02. The van der Waals surface area contributed by atoms with E-state index in [1.54, 1.807) is 0 Å². The molecule has 2 rings (SSSR count). The summed E-state index contributed by atoms with van der Waals surface area (Å²) < 4.78 is 3.11. The molecule has 0 fully saturated rings. The number of aryl methyl sites for hydroxylation is 1. The van der Waals surface area contributed by atoms with E-state index >= 15 is 0 Å². The third-order valence-electron chi connectivity index (χ3n) is 2.96. The van der Waals surface area contributed by atoms with E-state index in [1.165, 1.54) is 5.56 Å². The van der Waals surface area contributed by atoms with Crippen molar-refractivity contribution in [2.45, 2.75) is 26.9 Å². The third-order valence-corrected chi connectivity index (χ3v) is 3.45. The van der Waals surface area contributed by atoms with E-state index < -0.39 is 0 Å². The van der Waals surface area contributed by atoms with E-state index in [0.29, 0.717) is 6.54 Å². The molecule has 0 saturated carbocycles. The molecule has 3 nitrogen and oxygen atoms in total. The first-order valence-electron chi connectivity index (χ1n) is 5.59. The number of hydrogen-bond acceptors (Lipinski definition) is 2. The van der Waals surface area contributed by atoms with Gasteiger partial charge in [-0.1, -0.05) is 28.1 Å². The second-order valence-electron chi connectivity index (χ2n) is 4.14. The van der Waals surface area contributed by atoms with Crippen LogP contribution < -0.4 is 5.73 Å². The molecule has 1 aromatic carbocycles. The van der Waals surface area contributed by atoms with E-state index in [0.717, 1.165) is 28.0 Å². The predicted octanol–water partition coefficient (Wildman–Crippen LogP) is 2.77. The monoisotopic (exact) mass is 293 g/mol. The van der Waals surface area contributed by atoms with Crippen LogP contribution in [0, 0.1) is 13.8 Å². The molecule has 90 valence electrons. The normalized spacial score (nSPS) is 10.8. The van der Waals surface area contributed by atoms with Gasteiger partial charge in [0, 0.05) is 22.3 Å². The lowest BCUT2D eigenvalue weighted by Crippen LogP contribution is -2.05. The second-order valence-corrected chi connectivity index (χ2v) is 5.06. The molecule has 0 spiro atoms. The Bertz CT molecular complexity index is 531. The average Bonchev–Trinajstić information content (AvgIpc) is 2.54. The predicted molar refractivity (Wildman–Crippen MR) is 72.8 cm³/mol. The zero-order valence-electron chi connectivity index (χ0n) is 10.1. The summed E-state index contributed by atoms with van der Waals surface area (Å²) >= 11 is 3.48. The molecule has 0 atom stereocenters. The highest BCUT2D eigenvalue weighted by atomic mass is 79.9. The van der Waals surface area contributed by atoms with E-state index in [-0.39, 0.29) is 0 Å². The Balaban J connectivity index is 2.30. The van der Waals surface area contributed by atoms with E-state index in [4.69, 9.17) is 5.73 Å². The summed E-state index contributed by atoms with van der Waals surface area (Å²) in [7, 11) is 0. The lowest BCUT2D eigenvalue weighted by Gasteiger charge is -2.05. The first kappa shape index (κ1) is 12.3. The molecule has 0 saturated heterocycles. The number of nitrogens with two attached hydrogens (primary N) is 1. The van der Waals surface area contributed by atoms with Crippen molar-refractivity contribution in [1.29, 1.82) is 0 Å². The molecule has 17 heavy (non-hydrogen) atoms. The quantitative estimate of drug-likeness (QED) is 0.946. The Labute approximate surface area is 110 Å². The van der Waals surface area contributed by atoms with Crippen molar-refractivity contribution in [2.24, 2.45) is 5.73 Å². The molecule has 0 unspecified atom stereocenters. The minimum Gasteiger partial charge on any atom is -0.326 e. The molecule has 0 aliphatic carbocycles. The van der Waals surface area contributed by atoms with Crippen LogP contribution in [0.5, 0.6) is 0 Å². The van der Waals surface area contributed by atoms with Crippen LogP contribution in [0.25, 0.3) is 0 Å². The van der Waals surface area contributed by atoms with Gasteiger partial charge in [-0.25, -0.2) is 0 Å². The van der Waals surface area contributed by atoms with Gasteiger partial charge in [0.1, 0.15) is 0 Å². The van der Waals surface area contributed by atoms with E-state index in [9.17, 15) is 0 Å². The van der Waals surface area contributed by atoms with Gasteiger partial charge in [0.05, 0.1) is 12.2 Å². The maximum absolute atomic E-state index is 5.72. The van der Waals surface area contributed by atoms with Gasteiger partial charge in [0.2, 0.25) is 0 Å². The average molecular weight is 294 g/mol. The number of nitrogens with zero attached hydrogens (tertiary/aromatic N) is 2. The van der Waals surface area contributed by atoms with Crippen molar-refractivity contribution in [3.8, 4) is 0 Å². The van der Waals surface area contributed by atoms with E-state index in [2.05, 4.69) is 40.1 Å². The summed E-state index contributed by atoms with van der Waals surface area (Å²) in [4.78, 5) is 0. The Morgan fingerprint density at radius 1 is 1.35 bits per heavy atom. The van der Waals surface area contributed by atoms with E-state index in [1.807, 2.05) is 23.7 Å². The fourth-order valence-electron chi connectivity index (χ4n) is 1.99. The molecule has 1 aromatic heterocycles. The van der Waals surface area contributed by atoms with Gasteiger partial charge in [0.25, 0.3) is 0 Å².